The Hall–Kier alpha value is -0.610. The summed E-state index contributed by atoms with van der Waals surface area (Å²) in [7, 11) is 0. The molecule has 0 heterocycles. The van der Waals surface area contributed by atoms with E-state index in [2.05, 4.69) is 12.2 Å². The molecule has 0 aromatic carbocycles. The van der Waals surface area contributed by atoms with E-state index >= 15 is 0 Å². The van der Waals surface area contributed by atoms with Gasteiger partial charge in [0.15, 0.2) is 0 Å². The van der Waals surface area contributed by atoms with Crippen LogP contribution in [0, 0.1) is 11.8 Å². The Kier molecular flexibility index (Phi) is 8.07. The third kappa shape index (κ3) is 5.91. The minimum Gasteiger partial charge on any atom is -0.396 e. The number of rotatable bonds is 8. The number of nitrogens with two attached hydrogens (primary N) is 1. The molecule has 1 saturated carbocycles. The molecular formula is C15H30N2O2. The first-order chi connectivity index (χ1) is 9.21. The van der Waals surface area contributed by atoms with Crippen molar-refractivity contribution in [3.8, 4) is 0 Å². The first-order valence-electron chi connectivity index (χ1n) is 7.81. The fourth-order valence-electron chi connectivity index (χ4n) is 3.02. The summed E-state index contributed by atoms with van der Waals surface area (Å²) < 4.78 is 0. The van der Waals surface area contributed by atoms with Crippen LogP contribution in [0.1, 0.15) is 58.3 Å². The molecular weight excluding hydrogens is 240 g/mol. The minimum atomic E-state index is 0.140. The molecule has 1 aliphatic rings. The number of amides is 1. The summed E-state index contributed by atoms with van der Waals surface area (Å²) in [6, 6.07) is 0.181. The van der Waals surface area contributed by atoms with Gasteiger partial charge in [0.05, 0.1) is 0 Å². The molecule has 112 valence electrons. The first kappa shape index (κ1) is 16.4. The van der Waals surface area contributed by atoms with Crippen LogP contribution < -0.4 is 11.1 Å². The van der Waals surface area contributed by atoms with Crippen molar-refractivity contribution in [1.82, 2.24) is 5.32 Å². The van der Waals surface area contributed by atoms with Crippen LogP contribution in [0.15, 0.2) is 0 Å². The van der Waals surface area contributed by atoms with E-state index in [9.17, 15) is 9.90 Å². The summed E-state index contributed by atoms with van der Waals surface area (Å²) in [6.45, 7) is 3.05. The number of aliphatic hydroxyl groups is 1. The molecule has 1 rings (SSSR count). The third-order valence-corrected chi connectivity index (χ3v) is 4.42. The lowest BCUT2D eigenvalue weighted by Crippen LogP contribution is -2.43. The Morgan fingerprint density at radius 3 is 2.74 bits per heavy atom. The Labute approximate surface area is 117 Å². The fraction of sp³-hybridized carbons (Fsp3) is 0.933. The van der Waals surface area contributed by atoms with Crippen LogP contribution >= 0.6 is 0 Å². The van der Waals surface area contributed by atoms with Crippen molar-refractivity contribution in [2.24, 2.45) is 17.6 Å². The Bertz CT molecular complexity index is 259. The zero-order chi connectivity index (χ0) is 14.1. The summed E-state index contributed by atoms with van der Waals surface area (Å²) in [5.41, 5.74) is 5.57. The van der Waals surface area contributed by atoms with E-state index in [1.54, 1.807) is 0 Å². The average Bonchev–Trinajstić information content (AvgIpc) is 2.44. The maximum Gasteiger partial charge on any atom is 0.220 e. The van der Waals surface area contributed by atoms with Gasteiger partial charge in [0.25, 0.3) is 0 Å². The highest BCUT2D eigenvalue weighted by molar-refractivity contribution is 5.76. The van der Waals surface area contributed by atoms with Gasteiger partial charge in [-0.1, -0.05) is 26.2 Å². The third-order valence-electron chi connectivity index (χ3n) is 4.42. The fourth-order valence-corrected chi connectivity index (χ4v) is 3.02. The molecule has 0 spiro atoms. The van der Waals surface area contributed by atoms with E-state index in [0.29, 0.717) is 18.9 Å². The molecule has 0 aromatic heterocycles. The average molecular weight is 270 g/mol. The van der Waals surface area contributed by atoms with Crippen molar-refractivity contribution < 1.29 is 9.90 Å². The molecule has 1 fully saturated rings. The number of aliphatic hydroxyl groups excluding tert-OH is 1. The monoisotopic (exact) mass is 270 g/mol. The maximum absolute atomic E-state index is 12.0. The van der Waals surface area contributed by atoms with Gasteiger partial charge in [-0.2, -0.15) is 0 Å². The summed E-state index contributed by atoms with van der Waals surface area (Å²) in [4.78, 5) is 12.0. The highest BCUT2D eigenvalue weighted by Crippen LogP contribution is 2.24. The van der Waals surface area contributed by atoms with Crippen LogP contribution in [0.4, 0.5) is 0 Å². The number of carbonyl (C=O) groups excluding carboxylic acids is 1. The second kappa shape index (κ2) is 9.32. The summed E-state index contributed by atoms with van der Waals surface area (Å²) in [5.74, 6) is 0.959. The second-order valence-electron chi connectivity index (χ2n) is 5.79. The lowest BCUT2D eigenvalue weighted by molar-refractivity contribution is -0.122. The van der Waals surface area contributed by atoms with Crippen LogP contribution in [-0.4, -0.2) is 30.2 Å². The van der Waals surface area contributed by atoms with Crippen molar-refractivity contribution in [1.29, 1.82) is 0 Å². The van der Waals surface area contributed by atoms with Gasteiger partial charge in [0.1, 0.15) is 0 Å². The van der Waals surface area contributed by atoms with E-state index in [1.165, 1.54) is 6.42 Å². The SMILES string of the molecule is CCC(CCN)CCC(=O)NC1CCCCC1CO. The number of hydrogen-bond acceptors (Lipinski definition) is 3. The van der Waals surface area contributed by atoms with Gasteiger partial charge in [-0.05, 0) is 38.1 Å². The normalized spacial score (nSPS) is 25.0. The van der Waals surface area contributed by atoms with E-state index in [0.717, 1.165) is 38.5 Å². The van der Waals surface area contributed by atoms with Crippen molar-refractivity contribution >= 4 is 5.91 Å². The van der Waals surface area contributed by atoms with Crippen molar-refractivity contribution in [2.45, 2.75) is 64.3 Å². The lowest BCUT2D eigenvalue weighted by atomic mass is 9.85. The van der Waals surface area contributed by atoms with Crippen molar-refractivity contribution in [2.75, 3.05) is 13.2 Å². The Morgan fingerprint density at radius 2 is 2.11 bits per heavy atom. The zero-order valence-corrected chi connectivity index (χ0v) is 12.2. The molecule has 0 aromatic rings. The van der Waals surface area contributed by atoms with Gasteiger partial charge in [0, 0.05) is 25.0 Å². The number of nitrogens with one attached hydrogen (secondary N) is 1. The Balaban J connectivity index is 2.29. The molecule has 3 atom stereocenters. The largest absolute Gasteiger partial charge is 0.396 e. The van der Waals surface area contributed by atoms with Crippen LogP contribution in [0.25, 0.3) is 0 Å². The molecule has 0 radical (unpaired) electrons. The summed E-state index contributed by atoms with van der Waals surface area (Å²) in [6.07, 6.45) is 7.99. The molecule has 0 bridgehead atoms. The van der Waals surface area contributed by atoms with Crippen LogP contribution in [0.2, 0.25) is 0 Å². The van der Waals surface area contributed by atoms with Gasteiger partial charge in [-0.25, -0.2) is 0 Å². The molecule has 4 heteroatoms. The van der Waals surface area contributed by atoms with Gasteiger partial charge in [-0.15, -0.1) is 0 Å². The molecule has 3 unspecified atom stereocenters. The standard InChI is InChI=1S/C15H30N2O2/c1-2-12(9-10-16)7-8-15(19)17-14-6-4-3-5-13(14)11-18/h12-14,18H,2-11,16H2,1H3,(H,17,19). The summed E-state index contributed by atoms with van der Waals surface area (Å²) >= 11 is 0. The van der Waals surface area contributed by atoms with Crippen molar-refractivity contribution in [3.05, 3.63) is 0 Å². The predicted molar refractivity (Wildman–Crippen MR) is 77.7 cm³/mol. The maximum atomic E-state index is 12.0. The zero-order valence-electron chi connectivity index (χ0n) is 12.2. The van der Waals surface area contributed by atoms with E-state index in [1.807, 2.05) is 0 Å². The van der Waals surface area contributed by atoms with E-state index < -0.39 is 0 Å². The Morgan fingerprint density at radius 1 is 1.37 bits per heavy atom. The topological polar surface area (TPSA) is 75.4 Å². The van der Waals surface area contributed by atoms with Crippen LogP contribution in [0.5, 0.6) is 0 Å². The van der Waals surface area contributed by atoms with Gasteiger partial charge >= 0.3 is 0 Å². The second-order valence-corrected chi connectivity index (χ2v) is 5.79. The molecule has 4 nitrogen and oxygen atoms in total. The van der Waals surface area contributed by atoms with Gasteiger partial charge < -0.3 is 16.2 Å². The first-order valence-corrected chi connectivity index (χ1v) is 7.81. The van der Waals surface area contributed by atoms with Crippen molar-refractivity contribution in [3.63, 3.8) is 0 Å². The smallest absolute Gasteiger partial charge is 0.220 e. The van der Waals surface area contributed by atoms with Crippen LogP contribution in [-0.2, 0) is 4.79 Å². The highest BCUT2D eigenvalue weighted by Gasteiger charge is 2.25. The van der Waals surface area contributed by atoms with Gasteiger partial charge in [0.2, 0.25) is 5.91 Å². The summed E-state index contributed by atoms with van der Waals surface area (Å²) in [5, 5.41) is 12.4. The molecule has 19 heavy (non-hydrogen) atoms. The number of carbonyl (C=O) groups is 1. The lowest BCUT2D eigenvalue weighted by Gasteiger charge is -2.31. The van der Waals surface area contributed by atoms with Gasteiger partial charge in [-0.3, -0.25) is 4.79 Å². The van der Waals surface area contributed by atoms with E-state index in [-0.39, 0.29) is 24.5 Å². The van der Waals surface area contributed by atoms with E-state index in [4.69, 9.17) is 5.73 Å². The quantitative estimate of drug-likeness (QED) is 0.629. The van der Waals surface area contributed by atoms with Crippen LogP contribution in [0.3, 0.4) is 0 Å². The highest BCUT2D eigenvalue weighted by atomic mass is 16.3. The molecule has 0 saturated heterocycles. The molecule has 0 aliphatic heterocycles. The predicted octanol–water partition coefficient (Wildman–Crippen LogP) is 1.81. The molecule has 1 aliphatic carbocycles. The number of hydrogen-bond donors (Lipinski definition) is 3. The minimum absolute atomic E-state index is 0.140. The molecule has 4 N–H and O–H groups in total. The molecule has 1 amide bonds.